The normalized spacial score (nSPS) is 10.1. The summed E-state index contributed by atoms with van der Waals surface area (Å²) in [4.78, 5) is 20.9. The van der Waals surface area contributed by atoms with Crippen LogP contribution in [0.5, 0.6) is 0 Å². The number of benzene rings is 1. The molecule has 0 aliphatic heterocycles. The third-order valence-electron chi connectivity index (χ3n) is 3.36. The van der Waals surface area contributed by atoms with E-state index in [9.17, 15) is 4.79 Å². The Bertz CT molecular complexity index is 883. The summed E-state index contributed by atoms with van der Waals surface area (Å²) in [7, 11) is 0. The summed E-state index contributed by atoms with van der Waals surface area (Å²) in [5.74, 6) is -0.186. The molecule has 0 saturated heterocycles. The molecule has 118 valence electrons. The van der Waals surface area contributed by atoms with Crippen LogP contribution in [0.25, 0.3) is 11.4 Å². The van der Waals surface area contributed by atoms with Gasteiger partial charge in [-0.05, 0) is 30.3 Å². The number of thiazole rings is 1. The number of carbonyl (C=O) groups is 1. The van der Waals surface area contributed by atoms with E-state index in [1.54, 1.807) is 41.8 Å². The lowest BCUT2D eigenvalue weighted by atomic mass is 10.1. The van der Waals surface area contributed by atoms with Crippen LogP contribution in [0.15, 0.2) is 54.0 Å². The highest BCUT2D eigenvalue weighted by Gasteiger charge is 2.08. The van der Waals surface area contributed by atoms with E-state index in [-0.39, 0.29) is 5.91 Å². The summed E-state index contributed by atoms with van der Waals surface area (Å²) in [6, 6.07) is 14.4. The average Bonchev–Trinajstić information content (AvgIpc) is 3.11. The van der Waals surface area contributed by atoms with Crippen molar-refractivity contribution in [2.75, 3.05) is 6.54 Å². The van der Waals surface area contributed by atoms with Crippen LogP contribution < -0.4 is 5.32 Å². The third-order valence-corrected chi connectivity index (χ3v) is 4.27. The molecule has 2 aromatic heterocycles. The second-order valence-corrected chi connectivity index (χ2v) is 5.98. The Morgan fingerprint density at radius 1 is 1.21 bits per heavy atom. The van der Waals surface area contributed by atoms with Gasteiger partial charge in [-0.25, -0.2) is 4.98 Å². The molecule has 0 aliphatic rings. The molecule has 1 N–H and O–H groups in total. The van der Waals surface area contributed by atoms with Crippen molar-refractivity contribution < 1.29 is 4.79 Å². The number of amides is 1. The zero-order valence-corrected chi connectivity index (χ0v) is 13.6. The molecule has 0 spiro atoms. The van der Waals surface area contributed by atoms with Gasteiger partial charge >= 0.3 is 0 Å². The highest BCUT2D eigenvalue weighted by atomic mass is 32.1. The first-order valence-electron chi connectivity index (χ1n) is 7.40. The van der Waals surface area contributed by atoms with E-state index in [1.807, 2.05) is 29.6 Å². The second kappa shape index (κ2) is 7.49. The molecular formula is C18H14N4OS. The molecule has 6 heteroatoms. The number of aromatic nitrogens is 2. The monoisotopic (exact) mass is 334 g/mol. The molecule has 0 saturated carbocycles. The van der Waals surface area contributed by atoms with Crippen LogP contribution in [-0.2, 0) is 6.42 Å². The van der Waals surface area contributed by atoms with Crippen LogP contribution in [0.2, 0.25) is 0 Å². The fourth-order valence-corrected chi connectivity index (χ4v) is 2.96. The van der Waals surface area contributed by atoms with Gasteiger partial charge in [0.1, 0.15) is 0 Å². The van der Waals surface area contributed by atoms with Crippen LogP contribution in [0.4, 0.5) is 0 Å². The Morgan fingerprint density at radius 3 is 2.92 bits per heavy atom. The van der Waals surface area contributed by atoms with E-state index in [2.05, 4.69) is 15.3 Å². The molecule has 3 rings (SSSR count). The summed E-state index contributed by atoms with van der Waals surface area (Å²) in [6.07, 6.45) is 2.39. The van der Waals surface area contributed by atoms with Gasteiger partial charge in [-0.3, -0.25) is 9.78 Å². The Kier molecular flexibility index (Phi) is 4.94. The maximum Gasteiger partial charge on any atom is 0.251 e. The number of pyridine rings is 1. The van der Waals surface area contributed by atoms with Crippen molar-refractivity contribution in [3.63, 3.8) is 0 Å². The Labute approximate surface area is 143 Å². The summed E-state index contributed by atoms with van der Waals surface area (Å²) < 4.78 is 0. The van der Waals surface area contributed by atoms with Crippen LogP contribution in [0, 0.1) is 11.3 Å². The Balaban J connectivity index is 1.56. The smallest absolute Gasteiger partial charge is 0.251 e. The van der Waals surface area contributed by atoms with Crippen LogP contribution in [0.1, 0.15) is 20.9 Å². The first kappa shape index (κ1) is 15.8. The van der Waals surface area contributed by atoms with Crippen LogP contribution in [-0.4, -0.2) is 22.4 Å². The van der Waals surface area contributed by atoms with Gasteiger partial charge in [0.15, 0.2) is 0 Å². The molecule has 0 aliphatic carbocycles. The number of nitrogens with one attached hydrogen (secondary N) is 1. The number of carbonyl (C=O) groups excluding carboxylic acids is 1. The van der Waals surface area contributed by atoms with Crippen molar-refractivity contribution in [1.29, 1.82) is 5.26 Å². The molecule has 0 fully saturated rings. The highest BCUT2D eigenvalue weighted by Crippen LogP contribution is 2.19. The molecule has 3 aromatic rings. The van der Waals surface area contributed by atoms with Gasteiger partial charge in [-0.15, -0.1) is 11.3 Å². The van der Waals surface area contributed by atoms with Gasteiger partial charge in [0.25, 0.3) is 5.91 Å². The fourth-order valence-electron chi connectivity index (χ4n) is 2.17. The van der Waals surface area contributed by atoms with E-state index < -0.39 is 0 Å². The number of hydrogen-bond acceptors (Lipinski definition) is 5. The van der Waals surface area contributed by atoms with Crippen molar-refractivity contribution >= 4 is 17.2 Å². The van der Waals surface area contributed by atoms with E-state index in [4.69, 9.17) is 5.26 Å². The van der Waals surface area contributed by atoms with E-state index in [0.717, 1.165) is 16.4 Å². The largest absolute Gasteiger partial charge is 0.352 e. The molecule has 0 atom stereocenters. The quantitative estimate of drug-likeness (QED) is 0.778. The maximum absolute atomic E-state index is 12.1. The van der Waals surface area contributed by atoms with E-state index in [1.165, 1.54) is 0 Å². The Morgan fingerprint density at radius 2 is 2.12 bits per heavy atom. The highest BCUT2D eigenvalue weighted by molar-refractivity contribution is 7.09. The third kappa shape index (κ3) is 3.83. The minimum absolute atomic E-state index is 0.186. The number of rotatable bonds is 5. The van der Waals surface area contributed by atoms with E-state index in [0.29, 0.717) is 24.1 Å². The summed E-state index contributed by atoms with van der Waals surface area (Å²) in [6.45, 7) is 0.491. The lowest BCUT2D eigenvalue weighted by Crippen LogP contribution is -2.25. The minimum atomic E-state index is -0.186. The van der Waals surface area contributed by atoms with Crippen molar-refractivity contribution in [2.24, 2.45) is 0 Å². The van der Waals surface area contributed by atoms with Crippen molar-refractivity contribution in [1.82, 2.24) is 15.3 Å². The number of nitrogens with zero attached hydrogens (tertiary/aromatic N) is 3. The lowest BCUT2D eigenvalue weighted by molar-refractivity contribution is 0.0954. The topological polar surface area (TPSA) is 78.7 Å². The van der Waals surface area contributed by atoms with Gasteiger partial charge in [-0.1, -0.05) is 12.1 Å². The van der Waals surface area contributed by atoms with Gasteiger partial charge in [0.05, 0.1) is 28.0 Å². The second-order valence-electron chi connectivity index (χ2n) is 5.04. The zero-order chi connectivity index (χ0) is 16.8. The Hall–Kier alpha value is -3.04. The number of hydrogen-bond donors (Lipinski definition) is 1. The predicted octanol–water partition coefficient (Wildman–Crippen LogP) is 3.05. The molecule has 2 heterocycles. The SMILES string of the molecule is N#Cc1cccc(C(=O)NCCc2nc(-c3ccccn3)cs2)c1. The zero-order valence-electron chi connectivity index (χ0n) is 12.8. The van der Waals surface area contributed by atoms with Gasteiger partial charge in [0, 0.05) is 30.1 Å². The summed E-state index contributed by atoms with van der Waals surface area (Å²) >= 11 is 1.55. The molecule has 5 nitrogen and oxygen atoms in total. The summed E-state index contributed by atoms with van der Waals surface area (Å²) in [5, 5.41) is 14.6. The molecule has 24 heavy (non-hydrogen) atoms. The predicted molar refractivity (Wildman–Crippen MR) is 92.5 cm³/mol. The first-order valence-corrected chi connectivity index (χ1v) is 8.28. The molecular weight excluding hydrogens is 320 g/mol. The fraction of sp³-hybridized carbons (Fsp3) is 0.111. The van der Waals surface area contributed by atoms with Gasteiger partial charge < -0.3 is 5.32 Å². The molecule has 0 unspecified atom stereocenters. The molecule has 1 amide bonds. The first-order chi connectivity index (χ1) is 11.8. The minimum Gasteiger partial charge on any atom is -0.352 e. The van der Waals surface area contributed by atoms with Gasteiger partial charge in [-0.2, -0.15) is 5.26 Å². The maximum atomic E-state index is 12.1. The molecule has 0 radical (unpaired) electrons. The summed E-state index contributed by atoms with van der Waals surface area (Å²) in [5.41, 5.74) is 2.66. The number of nitriles is 1. The van der Waals surface area contributed by atoms with Crippen LogP contribution in [0.3, 0.4) is 0 Å². The molecule has 1 aromatic carbocycles. The molecule has 0 bridgehead atoms. The van der Waals surface area contributed by atoms with Crippen molar-refractivity contribution in [3.8, 4) is 17.5 Å². The van der Waals surface area contributed by atoms with E-state index >= 15 is 0 Å². The van der Waals surface area contributed by atoms with Crippen molar-refractivity contribution in [3.05, 3.63) is 70.2 Å². The van der Waals surface area contributed by atoms with Crippen molar-refractivity contribution in [2.45, 2.75) is 6.42 Å². The van der Waals surface area contributed by atoms with Crippen LogP contribution >= 0.6 is 11.3 Å². The van der Waals surface area contributed by atoms with Gasteiger partial charge in [0.2, 0.25) is 0 Å². The lowest BCUT2D eigenvalue weighted by Gasteiger charge is -2.04. The average molecular weight is 334 g/mol. The standard InChI is InChI=1S/C18H14N4OS/c19-11-13-4-3-5-14(10-13)18(23)21-9-7-17-22-16(12-24-17)15-6-1-2-8-20-15/h1-6,8,10,12H,7,9H2,(H,21,23).